The third-order valence-electron chi connectivity index (χ3n) is 2.60. The van der Waals surface area contributed by atoms with Crippen LogP contribution in [0, 0.1) is 10.1 Å². The van der Waals surface area contributed by atoms with Crippen molar-refractivity contribution in [2.24, 2.45) is 0 Å². The summed E-state index contributed by atoms with van der Waals surface area (Å²) in [4.78, 5) is 26.1. The minimum Gasteiger partial charge on any atom is -0.465 e. The maximum Gasteiger partial charge on any atom is 0.344 e. The van der Waals surface area contributed by atoms with Crippen molar-refractivity contribution in [3.63, 3.8) is 0 Å². The molecule has 0 atom stereocenters. The zero-order valence-electron chi connectivity index (χ0n) is 10.1. The molecule has 0 saturated heterocycles. The van der Waals surface area contributed by atoms with Crippen molar-refractivity contribution < 1.29 is 14.5 Å². The molecule has 6 nitrogen and oxygen atoms in total. The second-order valence-corrected chi connectivity index (χ2v) is 3.69. The fraction of sp³-hybridized carbons (Fsp3) is 0.0769. The normalized spacial score (nSPS) is 9.95. The van der Waals surface area contributed by atoms with Gasteiger partial charge in [-0.1, -0.05) is 12.1 Å². The fourth-order valence-electron chi connectivity index (χ4n) is 1.77. The lowest BCUT2D eigenvalue weighted by molar-refractivity contribution is -0.384. The van der Waals surface area contributed by atoms with Gasteiger partial charge in [0.2, 0.25) is 0 Å². The SMILES string of the molecule is COC(=O)c1cccc(-c2cccnc2)c1[N+](=O)[O-]. The Kier molecular flexibility index (Phi) is 3.51. The van der Waals surface area contributed by atoms with Gasteiger partial charge in [0.05, 0.1) is 17.6 Å². The van der Waals surface area contributed by atoms with Crippen molar-refractivity contribution in [3.8, 4) is 11.1 Å². The van der Waals surface area contributed by atoms with Gasteiger partial charge in [-0.3, -0.25) is 15.1 Å². The van der Waals surface area contributed by atoms with E-state index < -0.39 is 10.9 Å². The van der Waals surface area contributed by atoms with Crippen LogP contribution in [0.4, 0.5) is 5.69 Å². The molecular formula is C13H10N2O4. The highest BCUT2D eigenvalue weighted by molar-refractivity contribution is 5.97. The number of nitro benzene ring substituents is 1. The molecule has 19 heavy (non-hydrogen) atoms. The van der Waals surface area contributed by atoms with Gasteiger partial charge in [0.25, 0.3) is 5.69 Å². The number of esters is 1. The van der Waals surface area contributed by atoms with E-state index in [-0.39, 0.29) is 11.3 Å². The minimum atomic E-state index is -0.738. The van der Waals surface area contributed by atoms with Gasteiger partial charge >= 0.3 is 5.97 Å². The van der Waals surface area contributed by atoms with Crippen molar-refractivity contribution in [2.45, 2.75) is 0 Å². The number of nitro groups is 1. The number of para-hydroxylation sites is 1. The van der Waals surface area contributed by atoms with Gasteiger partial charge in [-0.05, 0) is 18.2 Å². The van der Waals surface area contributed by atoms with Crippen molar-refractivity contribution in [3.05, 3.63) is 58.4 Å². The highest BCUT2D eigenvalue weighted by Gasteiger charge is 2.25. The number of hydrogen-bond donors (Lipinski definition) is 0. The number of ether oxygens (including phenoxy) is 1. The van der Waals surface area contributed by atoms with Crippen LogP contribution in [0.1, 0.15) is 10.4 Å². The van der Waals surface area contributed by atoms with Crippen LogP contribution < -0.4 is 0 Å². The molecule has 0 radical (unpaired) electrons. The lowest BCUT2D eigenvalue weighted by Crippen LogP contribution is -2.06. The van der Waals surface area contributed by atoms with Gasteiger partial charge < -0.3 is 4.74 Å². The number of carbonyl (C=O) groups excluding carboxylic acids is 1. The second-order valence-electron chi connectivity index (χ2n) is 3.69. The number of nitrogens with zero attached hydrogens (tertiary/aromatic N) is 2. The Morgan fingerprint density at radius 2 is 2.11 bits per heavy atom. The summed E-state index contributed by atoms with van der Waals surface area (Å²) in [6.07, 6.45) is 3.07. The van der Waals surface area contributed by atoms with Crippen LogP contribution in [0.5, 0.6) is 0 Å². The van der Waals surface area contributed by atoms with E-state index in [1.165, 1.54) is 19.4 Å². The molecule has 0 aliphatic carbocycles. The first-order valence-corrected chi connectivity index (χ1v) is 5.41. The molecule has 1 heterocycles. The smallest absolute Gasteiger partial charge is 0.344 e. The summed E-state index contributed by atoms with van der Waals surface area (Å²) in [6, 6.07) is 7.87. The zero-order valence-corrected chi connectivity index (χ0v) is 10.1. The molecule has 1 aromatic carbocycles. The highest BCUT2D eigenvalue weighted by Crippen LogP contribution is 2.32. The quantitative estimate of drug-likeness (QED) is 0.479. The number of methoxy groups -OCH3 is 1. The molecule has 0 aliphatic rings. The first-order chi connectivity index (χ1) is 9.15. The molecule has 0 saturated carbocycles. The summed E-state index contributed by atoms with van der Waals surface area (Å²) in [5.41, 5.74) is 0.553. The standard InChI is InChI=1S/C13H10N2O4/c1-19-13(16)11-6-2-5-10(12(11)15(17)18)9-4-3-7-14-8-9/h2-8H,1H3. The molecule has 0 amide bonds. The van der Waals surface area contributed by atoms with Crippen molar-refractivity contribution in [1.29, 1.82) is 0 Å². The maximum absolute atomic E-state index is 11.6. The third kappa shape index (κ3) is 2.42. The average Bonchev–Trinajstić information content (AvgIpc) is 2.46. The molecule has 0 aliphatic heterocycles. The van der Waals surface area contributed by atoms with E-state index in [1.807, 2.05) is 0 Å². The Morgan fingerprint density at radius 3 is 2.68 bits per heavy atom. The van der Waals surface area contributed by atoms with Crippen LogP contribution in [0.2, 0.25) is 0 Å². The van der Waals surface area contributed by atoms with Gasteiger partial charge in [-0.2, -0.15) is 0 Å². The van der Waals surface area contributed by atoms with E-state index in [0.29, 0.717) is 11.1 Å². The van der Waals surface area contributed by atoms with Crippen molar-refractivity contribution >= 4 is 11.7 Å². The van der Waals surface area contributed by atoms with E-state index >= 15 is 0 Å². The number of benzene rings is 1. The molecule has 0 spiro atoms. The first kappa shape index (κ1) is 12.7. The predicted octanol–water partition coefficient (Wildman–Crippen LogP) is 2.44. The lowest BCUT2D eigenvalue weighted by Gasteiger charge is -2.06. The molecule has 0 bridgehead atoms. The number of aromatic nitrogens is 1. The molecule has 2 aromatic rings. The monoisotopic (exact) mass is 258 g/mol. The molecule has 0 fully saturated rings. The van der Waals surface area contributed by atoms with Gasteiger partial charge in [0, 0.05) is 18.0 Å². The number of carbonyl (C=O) groups is 1. The largest absolute Gasteiger partial charge is 0.465 e. The van der Waals surface area contributed by atoms with Crippen LogP contribution in [0.25, 0.3) is 11.1 Å². The van der Waals surface area contributed by atoms with Crippen LogP contribution in [0.15, 0.2) is 42.7 Å². The Balaban J connectivity index is 2.69. The van der Waals surface area contributed by atoms with E-state index in [0.717, 1.165) is 0 Å². The molecule has 0 unspecified atom stereocenters. The van der Waals surface area contributed by atoms with E-state index in [2.05, 4.69) is 9.72 Å². The summed E-state index contributed by atoms with van der Waals surface area (Å²) in [5, 5.41) is 11.2. The van der Waals surface area contributed by atoms with Gasteiger partial charge in [-0.25, -0.2) is 4.79 Å². The molecule has 0 N–H and O–H groups in total. The molecule has 2 rings (SSSR count). The summed E-state index contributed by atoms with van der Waals surface area (Å²) >= 11 is 0. The average molecular weight is 258 g/mol. The number of hydrogen-bond acceptors (Lipinski definition) is 5. The molecule has 6 heteroatoms. The summed E-state index contributed by atoms with van der Waals surface area (Å²) in [5.74, 6) is -0.738. The van der Waals surface area contributed by atoms with Crippen molar-refractivity contribution in [1.82, 2.24) is 4.98 Å². The summed E-state index contributed by atoms with van der Waals surface area (Å²) < 4.78 is 4.56. The Hall–Kier alpha value is -2.76. The van der Waals surface area contributed by atoms with Crippen LogP contribution in [-0.4, -0.2) is 23.0 Å². The second kappa shape index (κ2) is 5.26. The Bertz CT molecular complexity index is 626. The van der Waals surface area contributed by atoms with Crippen molar-refractivity contribution in [2.75, 3.05) is 7.11 Å². The predicted molar refractivity (Wildman–Crippen MR) is 67.7 cm³/mol. The molecule has 96 valence electrons. The fourth-order valence-corrected chi connectivity index (χ4v) is 1.77. The topological polar surface area (TPSA) is 82.3 Å². The molecule has 1 aromatic heterocycles. The third-order valence-corrected chi connectivity index (χ3v) is 2.60. The summed E-state index contributed by atoms with van der Waals surface area (Å²) in [6.45, 7) is 0. The Labute approximate surface area is 108 Å². The van der Waals surface area contributed by atoms with Crippen LogP contribution in [-0.2, 0) is 4.74 Å². The number of rotatable bonds is 3. The zero-order chi connectivity index (χ0) is 13.8. The van der Waals surface area contributed by atoms with Crippen LogP contribution >= 0.6 is 0 Å². The highest BCUT2D eigenvalue weighted by atomic mass is 16.6. The van der Waals surface area contributed by atoms with E-state index in [4.69, 9.17) is 0 Å². The van der Waals surface area contributed by atoms with E-state index in [9.17, 15) is 14.9 Å². The summed E-state index contributed by atoms with van der Waals surface area (Å²) in [7, 11) is 1.18. The van der Waals surface area contributed by atoms with Crippen LogP contribution in [0.3, 0.4) is 0 Å². The van der Waals surface area contributed by atoms with E-state index in [1.54, 1.807) is 30.5 Å². The van der Waals surface area contributed by atoms with Gasteiger partial charge in [-0.15, -0.1) is 0 Å². The number of pyridine rings is 1. The minimum absolute atomic E-state index is 0.0751. The molecular weight excluding hydrogens is 248 g/mol. The van der Waals surface area contributed by atoms with Gasteiger partial charge in [0.15, 0.2) is 0 Å². The maximum atomic E-state index is 11.6. The first-order valence-electron chi connectivity index (χ1n) is 5.41. The lowest BCUT2D eigenvalue weighted by atomic mass is 10.0. The Morgan fingerprint density at radius 1 is 1.32 bits per heavy atom. The van der Waals surface area contributed by atoms with Gasteiger partial charge in [0.1, 0.15) is 5.56 Å².